The molecule has 5 heteroatoms. The number of nitrogens with zero attached hydrogens (tertiary/aromatic N) is 2. The van der Waals surface area contributed by atoms with Gasteiger partial charge in [0, 0.05) is 16.4 Å². The van der Waals surface area contributed by atoms with Crippen molar-refractivity contribution in [3.05, 3.63) is 51.7 Å². The molecule has 0 fully saturated rings. The highest BCUT2D eigenvalue weighted by Crippen LogP contribution is 2.28. The summed E-state index contributed by atoms with van der Waals surface area (Å²) >= 11 is 9.43. The molecule has 0 saturated heterocycles. The second kappa shape index (κ2) is 5.17. The van der Waals surface area contributed by atoms with Gasteiger partial charge in [0.25, 0.3) is 0 Å². The van der Waals surface area contributed by atoms with E-state index in [9.17, 15) is 0 Å². The highest BCUT2D eigenvalue weighted by Gasteiger charge is 2.02. The van der Waals surface area contributed by atoms with Crippen molar-refractivity contribution in [1.82, 2.24) is 4.98 Å². The number of rotatable bonds is 2. The first-order valence-corrected chi connectivity index (χ1v) is 5.94. The second-order valence-electron chi connectivity index (χ2n) is 3.29. The Kier molecular flexibility index (Phi) is 3.62. The van der Waals surface area contributed by atoms with E-state index in [1.54, 1.807) is 24.4 Å². The third kappa shape index (κ3) is 2.96. The maximum atomic E-state index is 8.75. The number of aromatic nitrogens is 1. The van der Waals surface area contributed by atoms with E-state index in [4.69, 9.17) is 16.9 Å². The number of hydrogen-bond donors (Lipinski definition) is 1. The summed E-state index contributed by atoms with van der Waals surface area (Å²) in [5, 5.41) is 12.5. The second-order valence-corrected chi connectivity index (χ2v) is 4.61. The quantitative estimate of drug-likeness (QED) is 0.908. The van der Waals surface area contributed by atoms with Gasteiger partial charge in [0.1, 0.15) is 11.8 Å². The van der Waals surface area contributed by atoms with Gasteiger partial charge in [-0.1, -0.05) is 27.5 Å². The van der Waals surface area contributed by atoms with E-state index in [0.717, 1.165) is 15.8 Å². The maximum absolute atomic E-state index is 8.75. The highest BCUT2D eigenvalue weighted by atomic mass is 79.9. The molecule has 2 rings (SSSR count). The summed E-state index contributed by atoms with van der Waals surface area (Å²) in [6.07, 6.45) is 1.58. The molecule has 0 saturated carbocycles. The number of anilines is 2. The van der Waals surface area contributed by atoms with E-state index < -0.39 is 0 Å². The molecule has 0 amide bonds. The van der Waals surface area contributed by atoms with Crippen LogP contribution in [-0.4, -0.2) is 4.98 Å². The first kappa shape index (κ1) is 11.9. The van der Waals surface area contributed by atoms with Crippen molar-refractivity contribution in [2.24, 2.45) is 0 Å². The average molecular weight is 309 g/mol. The predicted molar refractivity (Wildman–Crippen MR) is 71.4 cm³/mol. The summed E-state index contributed by atoms with van der Waals surface area (Å²) in [4.78, 5) is 3.90. The van der Waals surface area contributed by atoms with E-state index in [2.05, 4.69) is 26.2 Å². The van der Waals surface area contributed by atoms with Gasteiger partial charge in [0.2, 0.25) is 0 Å². The summed E-state index contributed by atoms with van der Waals surface area (Å²) in [6, 6.07) is 10.9. The lowest BCUT2D eigenvalue weighted by molar-refractivity contribution is 1.26. The van der Waals surface area contributed by atoms with Crippen LogP contribution in [0.2, 0.25) is 5.02 Å². The van der Waals surface area contributed by atoms with Gasteiger partial charge in [-0.2, -0.15) is 5.26 Å². The Hall–Kier alpha value is -1.57. The van der Waals surface area contributed by atoms with Gasteiger partial charge in [0.05, 0.1) is 10.7 Å². The molecule has 2 aromatic rings. The molecular weight excluding hydrogens is 302 g/mol. The number of pyridine rings is 1. The molecule has 3 nitrogen and oxygen atoms in total. The lowest BCUT2D eigenvalue weighted by Crippen LogP contribution is -1.93. The lowest BCUT2D eigenvalue weighted by atomic mass is 10.3. The van der Waals surface area contributed by atoms with Crippen molar-refractivity contribution in [2.45, 2.75) is 0 Å². The molecule has 0 aliphatic carbocycles. The number of halogens is 2. The Balaban J connectivity index is 2.31. The first-order valence-electron chi connectivity index (χ1n) is 4.77. The van der Waals surface area contributed by atoms with Gasteiger partial charge in [-0.05, 0) is 30.3 Å². The number of hydrogen-bond acceptors (Lipinski definition) is 3. The van der Waals surface area contributed by atoms with Gasteiger partial charge in [-0.3, -0.25) is 0 Å². The van der Waals surface area contributed by atoms with Crippen LogP contribution in [0.1, 0.15) is 5.69 Å². The van der Waals surface area contributed by atoms with Crippen LogP contribution in [0.4, 0.5) is 11.4 Å². The van der Waals surface area contributed by atoms with Crippen molar-refractivity contribution in [3.8, 4) is 6.07 Å². The van der Waals surface area contributed by atoms with Crippen LogP contribution in [0.15, 0.2) is 41.0 Å². The SMILES string of the molecule is N#Cc1cc(Nc2cc(Br)ccc2Cl)ccn1. The molecule has 1 aromatic heterocycles. The van der Waals surface area contributed by atoms with Gasteiger partial charge >= 0.3 is 0 Å². The Morgan fingerprint density at radius 3 is 2.88 bits per heavy atom. The zero-order valence-electron chi connectivity index (χ0n) is 8.61. The maximum Gasteiger partial charge on any atom is 0.142 e. The lowest BCUT2D eigenvalue weighted by Gasteiger charge is -2.08. The smallest absolute Gasteiger partial charge is 0.142 e. The molecule has 17 heavy (non-hydrogen) atoms. The fraction of sp³-hybridized carbons (Fsp3) is 0. The van der Waals surface area contributed by atoms with E-state index in [-0.39, 0.29) is 0 Å². The van der Waals surface area contributed by atoms with Crippen LogP contribution >= 0.6 is 27.5 Å². The predicted octanol–water partition coefficient (Wildman–Crippen LogP) is 4.11. The summed E-state index contributed by atoms with van der Waals surface area (Å²) in [7, 11) is 0. The molecule has 0 atom stereocenters. The van der Waals surface area contributed by atoms with Crippen LogP contribution in [-0.2, 0) is 0 Å². The van der Waals surface area contributed by atoms with Gasteiger partial charge in [0.15, 0.2) is 0 Å². The number of benzene rings is 1. The van der Waals surface area contributed by atoms with Crippen LogP contribution in [0.25, 0.3) is 0 Å². The summed E-state index contributed by atoms with van der Waals surface area (Å²) in [5.74, 6) is 0. The Morgan fingerprint density at radius 1 is 1.29 bits per heavy atom. The minimum atomic E-state index is 0.362. The standard InChI is InChI=1S/C12H7BrClN3/c13-8-1-2-11(14)12(5-8)17-9-3-4-16-10(6-9)7-15/h1-6H,(H,16,17). The highest BCUT2D eigenvalue weighted by molar-refractivity contribution is 9.10. The Morgan fingerprint density at radius 2 is 2.12 bits per heavy atom. The molecule has 1 heterocycles. The molecule has 84 valence electrons. The van der Waals surface area contributed by atoms with Gasteiger partial charge in [-0.15, -0.1) is 0 Å². The van der Waals surface area contributed by atoms with E-state index in [1.165, 1.54) is 0 Å². The fourth-order valence-corrected chi connectivity index (χ4v) is 1.84. The first-order chi connectivity index (χ1) is 8.19. The van der Waals surface area contributed by atoms with Gasteiger partial charge in [-0.25, -0.2) is 4.98 Å². The zero-order chi connectivity index (χ0) is 12.3. The van der Waals surface area contributed by atoms with Crippen LogP contribution < -0.4 is 5.32 Å². The number of nitrogens with one attached hydrogen (secondary N) is 1. The number of nitriles is 1. The van der Waals surface area contributed by atoms with Crippen molar-refractivity contribution < 1.29 is 0 Å². The minimum absolute atomic E-state index is 0.362. The largest absolute Gasteiger partial charge is 0.354 e. The molecular formula is C12H7BrClN3. The van der Waals surface area contributed by atoms with Crippen LogP contribution in [0, 0.1) is 11.3 Å². The van der Waals surface area contributed by atoms with E-state index >= 15 is 0 Å². The van der Waals surface area contributed by atoms with Crippen molar-refractivity contribution in [1.29, 1.82) is 5.26 Å². The molecule has 0 unspecified atom stereocenters. The average Bonchev–Trinajstić information content (AvgIpc) is 2.34. The zero-order valence-corrected chi connectivity index (χ0v) is 11.0. The topological polar surface area (TPSA) is 48.7 Å². The van der Waals surface area contributed by atoms with Crippen molar-refractivity contribution >= 4 is 38.9 Å². The Labute approximate surface area is 112 Å². The monoisotopic (exact) mass is 307 g/mol. The van der Waals surface area contributed by atoms with Gasteiger partial charge < -0.3 is 5.32 Å². The molecule has 0 aliphatic rings. The molecule has 0 spiro atoms. The third-order valence-corrected chi connectivity index (χ3v) is 2.90. The molecule has 1 aromatic carbocycles. The van der Waals surface area contributed by atoms with Crippen LogP contribution in [0.3, 0.4) is 0 Å². The fourth-order valence-electron chi connectivity index (χ4n) is 1.32. The molecule has 0 radical (unpaired) electrons. The summed E-state index contributed by atoms with van der Waals surface area (Å²) in [6.45, 7) is 0. The molecule has 0 bridgehead atoms. The van der Waals surface area contributed by atoms with Crippen molar-refractivity contribution in [2.75, 3.05) is 5.32 Å². The Bertz CT molecular complexity index is 593. The van der Waals surface area contributed by atoms with Crippen LogP contribution in [0.5, 0.6) is 0 Å². The van der Waals surface area contributed by atoms with Crippen molar-refractivity contribution in [3.63, 3.8) is 0 Å². The van der Waals surface area contributed by atoms with E-state index in [1.807, 2.05) is 18.2 Å². The minimum Gasteiger partial charge on any atom is -0.354 e. The molecule has 1 N–H and O–H groups in total. The summed E-state index contributed by atoms with van der Waals surface area (Å²) < 4.78 is 0.930. The third-order valence-electron chi connectivity index (χ3n) is 2.08. The molecule has 0 aliphatic heterocycles. The summed E-state index contributed by atoms with van der Waals surface area (Å²) in [5.41, 5.74) is 1.91. The van der Waals surface area contributed by atoms with E-state index in [0.29, 0.717) is 10.7 Å². The normalized spacial score (nSPS) is 9.71.